The van der Waals surface area contributed by atoms with Gasteiger partial charge in [-0.1, -0.05) is 30.3 Å². The molecule has 0 spiro atoms. The predicted octanol–water partition coefficient (Wildman–Crippen LogP) is 4.09. The SMILES string of the molecule is O=C(Nc1cccnc1)N1CCC(c2ncc(F)c(-c3ccccc3)n2)CC1. The lowest BCUT2D eigenvalue weighted by atomic mass is 9.96. The first kappa shape index (κ1) is 18.0. The molecule has 0 radical (unpaired) electrons. The second-order valence-electron chi connectivity index (χ2n) is 6.72. The van der Waals surface area contributed by atoms with Crippen LogP contribution in [0.2, 0.25) is 0 Å². The average Bonchev–Trinajstić information content (AvgIpc) is 2.75. The molecule has 1 fully saturated rings. The van der Waals surface area contributed by atoms with Crippen LogP contribution < -0.4 is 5.32 Å². The van der Waals surface area contributed by atoms with Crippen LogP contribution in [-0.4, -0.2) is 39.0 Å². The van der Waals surface area contributed by atoms with Crippen molar-refractivity contribution in [3.05, 3.63) is 72.7 Å². The molecule has 3 heterocycles. The molecule has 2 aromatic heterocycles. The summed E-state index contributed by atoms with van der Waals surface area (Å²) in [6.07, 6.45) is 5.99. The third-order valence-corrected chi connectivity index (χ3v) is 4.87. The Kier molecular flexibility index (Phi) is 5.23. The van der Waals surface area contributed by atoms with E-state index in [0.29, 0.717) is 30.3 Å². The zero-order valence-electron chi connectivity index (χ0n) is 15.3. The molecule has 4 rings (SSSR count). The van der Waals surface area contributed by atoms with Gasteiger partial charge in [-0.15, -0.1) is 0 Å². The number of hydrogen-bond acceptors (Lipinski definition) is 4. The Balaban J connectivity index is 1.42. The van der Waals surface area contributed by atoms with Gasteiger partial charge in [-0.3, -0.25) is 4.98 Å². The number of likely N-dealkylation sites (tertiary alicyclic amines) is 1. The molecule has 6 nitrogen and oxygen atoms in total. The van der Waals surface area contributed by atoms with Crippen molar-refractivity contribution in [2.75, 3.05) is 18.4 Å². The maximum absolute atomic E-state index is 14.2. The molecule has 1 aromatic carbocycles. The van der Waals surface area contributed by atoms with Gasteiger partial charge in [0.2, 0.25) is 0 Å². The number of hydrogen-bond donors (Lipinski definition) is 1. The second-order valence-corrected chi connectivity index (χ2v) is 6.72. The number of rotatable bonds is 3. The number of anilines is 1. The highest BCUT2D eigenvalue weighted by molar-refractivity contribution is 5.89. The van der Waals surface area contributed by atoms with Crippen molar-refractivity contribution >= 4 is 11.7 Å². The zero-order chi connectivity index (χ0) is 19.3. The molecular weight excluding hydrogens is 357 g/mol. The van der Waals surface area contributed by atoms with Gasteiger partial charge in [0.05, 0.1) is 18.1 Å². The van der Waals surface area contributed by atoms with Crippen LogP contribution in [0.15, 0.2) is 61.1 Å². The number of piperidine rings is 1. The first-order chi connectivity index (χ1) is 13.7. The minimum absolute atomic E-state index is 0.102. The molecule has 1 aliphatic rings. The Labute approximate surface area is 162 Å². The summed E-state index contributed by atoms with van der Waals surface area (Å²) in [6, 6.07) is 12.7. The molecule has 0 bridgehead atoms. The number of aromatic nitrogens is 3. The van der Waals surface area contributed by atoms with Gasteiger partial charge in [0.25, 0.3) is 0 Å². The molecule has 0 atom stereocenters. The Bertz CT molecular complexity index is 944. The van der Waals surface area contributed by atoms with E-state index in [1.165, 1.54) is 6.20 Å². The topological polar surface area (TPSA) is 71.0 Å². The van der Waals surface area contributed by atoms with Crippen LogP contribution in [0, 0.1) is 5.82 Å². The van der Waals surface area contributed by atoms with E-state index in [-0.39, 0.29) is 11.9 Å². The van der Waals surface area contributed by atoms with Crippen molar-refractivity contribution in [2.45, 2.75) is 18.8 Å². The highest BCUT2D eigenvalue weighted by Gasteiger charge is 2.26. The normalized spacial score (nSPS) is 14.7. The average molecular weight is 377 g/mol. The van der Waals surface area contributed by atoms with Gasteiger partial charge in [0.1, 0.15) is 11.5 Å². The van der Waals surface area contributed by atoms with Crippen LogP contribution in [0.5, 0.6) is 0 Å². The van der Waals surface area contributed by atoms with Gasteiger partial charge in [0.15, 0.2) is 5.82 Å². The molecule has 0 saturated carbocycles. The molecule has 3 aromatic rings. The predicted molar refractivity (Wildman–Crippen MR) is 104 cm³/mol. The van der Waals surface area contributed by atoms with Crippen LogP contribution in [0.4, 0.5) is 14.9 Å². The summed E-state index contributed by atoms with van der Waals surface area (Å²) in [6.45, 7) is 1.19. The van der Waals surface area contributed by atoms with E-state index in [9.17, 15) is 9.18 Å². The summed E-state index contributed by atoms with van der Waals surface area (Å²) in [5.41, 5.74) is 1.73. The van der Waals surface area contributed by atoms with E-state index in [2.05, 4.69) is 20.3 Å². The Hall–Kier alpha value is -3.35. The second kappa shape index (κ2) is 8.12. The lowest BCUT2D eigenvalue weighted by Gasteiger charge is -2.31. The van der Waals surface area contributed by atoms with Gasteiger partial charge in [-0.05, 0) is 25.0 Å². The third kappa shape index (κ3) is 3.98. The Morgan fingerprint density at radius 3 is 2.57 bits per heavy atom. The van der Waals surface area contributed by atoms with E-state index in [0.717, 1.165) is 18.4 Å². The number of carbonyl (C=O) groups excluding carboxylic acids is 1. The Morgan fingerprint density at radius 1 is 1.07 bits per heavy atom. The first-order valence-electron chi connectivity index (χ1n) is 9.24. The van der Waals surface area contributed by atoms with E-state index in [4.69, 9.17) is 0 Å². The largest absolute Gasteiger partial charge is 0.324 e. The molecule has 1 N–H and O–H groups in total. The molecule has 7 heteroatoms. The molecule has 1 aliphatic heterocycles. The quantitative estimate of drug-likeness (QED) is 0.746. The minimum atomic E-state index is -0.428. The number of benzene rings is 1. The molecule has 142 valence electrons. The summed E-state index contributed by atoms with van der Waals surface area (Å²) >= 11 is 0. The van der Waals surface area contributed by atoms with Crippen LogP contribution in [0.25, 0.3) is 11.3 Å². The number of halogens is 1. The highest BCUT2D eigenvalue weighted by atomic mass is 19.1. The maximum atomic E-state index is 14.2. The first-order valence-corrected chi connectivity index (χ1v) is 9.24. The number of nitrogens with one attached hydrogen (secondary N) is 1. The van der Waals surface area contributed by atoms with Crippen LogP contribution in [0.1, 0.15) is 24.6 Å². The summed E-state index contributed by atoms with van der Waals surface area (Å²) in [5, 5.41) is 2.85. The standard InChI is InChI=1S/C21H20FN5O/c22-18-14-24-20(26-19(18)15-5-2-1-3-6-15)16-8-11-27(12-9-16)21(28)25-17-7-4-10-23-13-17/h1-7,10,13-14,16H,8-9,11-12H2,(H,25,28). The van der Waals surface area contributed by atoms with Crippen molar-refractivity contribution in [2.24, 2.45) is 0 Å². The molecule has 1 saturated heterocycles. The fourth-order valence-electron chi connectivity index (χ4n) is 3.36. The number of urea groups is 1. The van der Waals surface area contributed by atoms with Crippen LogP contribution in [0.3, 0.4) is 0 Å². The van der Waals surface area contributed by atoms with Crippen molar-refractivity contribution in [1.82, 2.24) is 19.9 Å². The van der Waals surface area contributed by atoms with Gasteiger partial charge in [0, 0.05) is 30.8 Å². The fraction of sp³-hybridized carbons (Fsp3) is 0.238. The molecule has 0 aliphatic carbocycles. The monoisotopic (exact) mass is 377 g/mol. The van der Waals surface area contributed by atoms with E-state index in [1.54, 1.807) is 29.4 Å². The molecule has 0 unspecified atom stereocenters. The van der Waals surface area contributed by atoms with E-state index < -0.39 is 5.82 Å². The molecule has 28 heavy (non-hydrogen) atoms. The van der Waals surface area contributed by atoms with Crippen LogP contribution >= 0.6 is 0 Å². The number of carbonyl (C=O) groups is 1. The smallest absolute Gasteiger partial charge is 0.321 e. The summed E-state index contributed by atoms with van der Waals surface area (Å²) in [7, 11) is 0. The van der Waals surface area contributed by atoms with E-state index in [1.807, 2.05) is 30.3 Å². The van der Waals surface area contributed by atoms with Crippen molar-refractivity contribution < 1.29 is 9.18 Å². The minimum Gasteiger partial charge on any atom is -0.324 e. The molecule has 2 amide bonds. The lowest BCUT2D eigenvalue weighted by molar-refractivity contribution is 0.193. The molecular formula is C21H20FN5O. The summed E-state index contributed by atoms with van der Waals surface area (Å²) in [4.78, 5) is 26.9. The van der Waals surface area contributed by atoms with Crippen molar-refractivity contribution in [3.8, 4) is 11.3 Å². The fourth-order valence-corrected chi connectivity index (χ4v) is 3.36. The van der Waals surface area contributed by atoms with Gasteiger partial charge < -0.3 is 10.2 Å². The van der Waals surface area contributed by atoms with Crippen molar-refractivity contribution in [3.63, 3.8) is 0 Å². The highest BCUT2D eigenvalue weighted by Crippen LogP contribution is 2.28. The summed E-state index contributed by atoms with van der Waals surface area (Å²) in [5.74, 6) is 0.307. The number of nitrogens with zero attached hydrogens (tertiary/aromatic N) is 4. The Morgan fingerprint density at radius 2 is 1.86 bits per heavy atom. The van der Waals surface area contributed by atoms with E-state index >= 15 is 0 Å². The third-order valence-electron chi connectivity index (χ3n) is 4.87. The van der Waals surface area contributed by atoms with Gasteiger partial charge in [-0.2, -0.15) is 0 Å². The van der Waals surface area contributed by atoms with Gasteiger partial charge in [-0.25, -0.2) is 19.2 Å². The van der Waals surface area contributed by atoms with Gasteiger partial charge >= 0.3 is 6.03 Å². The lowest BCUT2D eigenvalue weighted by Crippen LogP contribution is -2.40. The summed E-state index contributed by atoms with van der Waals surface area (Å²) < 4.78 is 14.2. The zero-order valence-corrected chi connectivity index (χ0v) is 15.3. The van der Waals surface area contributed by atoms with Crippen LogP contribution in [-0.2, 0) is 0 Å². The van der Waals surface area contributed by atoms with Crippen molar-refractivity contribution in [1.29, 1.82) is 0 Å². The number of amides is 2. The number of pyridine rings is 1. The maximum Gasteiger partial charge on any atom is 0.321 e.